The van der Waals surface area contributed by atoms with E-state index >= 15 is 0 Å². The third-order valence-electron chi connectivity index (χ3n) is 4.86. The molecule has 0 aromatic heterocycles. The number of ether oxygens (including phenoxy) is 3. The Hall–Kier alpha value is -2.57. The molecule has 1 aliphatic heterocycles. The summed E-state index contributed by atoms with van der Waals surface area (Å²) in [6.07, 6.45) is 0. The molecule has 29 heavy (non-hydrogen) atoms. The Morgan fingerprint density at radius 2 is 1.72 bits per heavy atom. The van der Waals surface area contributed by atoms with Crippen LogP contribution in [0.5, 0.6) is 11.5 Å². The Labute approximate surface area is 172 Å². The van der Waals surface area contributed by atoms with Crippen LogP contribution in [0.3, 0.4) is 0 Å². The van der Waals surface area contributed by atoms with E-state index in [1.807, 2.05) is 32.0 Å². The summed E-state index contributed by atoms with van der Waals surface area (Å²) in [6.45, 7) is 8.83. The first-order chi connectivity index (χ1) is 14.2. The van der Waals surface area contributed by atoms with Crippen molar-refractivity contribution in [1.82, 2.24) is 10.2 Å². The number of morpholine rings is 1. The number of nitrogens with zero attached hydrogens (tertiary/aromatic N) is 1. The zero-order chi connectivity index (χ0) is 20.5. The minimum absolute atomic E-state index is 0.107. The molecular weight excluding hydrogens is 368 g/mol. The van der Waals surface area contributed by atoms with Gasteiger partial charge in [0.1, 0.15) is 0 Å². The highest BCUT2D eigenvalue weighted by Gasteiger charge is 2.21. The second-order valence-electron chi connectivity index (χ2n) is 6.88. The van der Waals surface area contributed by atoms with Crippen LogP contribution in [0.25, 0.3) is 0 Å². The first-order valence-electron chi connectivity index (χ1n) is 10.3. The number of rotatable bonds is 9. The summed E-state index contributed by atoms with van der Waals surface area (Å²) in [7, 11) is 0. The maximum Gasteiger partial charge on any atom is 0.251 e. The molecule has 6 heteroatoms. The highest BCUT2D eigenvalue weighted by molar-refractivity contribution is 5.95. The predicted octanol–water partition coefficient (Wildman–Crippen LogP) is 3.29. The summed E-state index contributed by atoms with van der Waals surface area (Å²) in [5.41, 5.74) is 1.64. The monoisotopic (exact) mass is 398 g/mol. The van der Waals surface area contributed by atoms with Gasteiger partial charge in [0.25, 0.3) is 5.91 Å². The van der Waals surface area contributed by atoms with Gasteiger partial charge in [0.15, 0.2) is 11.5 Å². The van der Waals surface area contributed by atoms with E-state index < -0.39 is 0 Å². The molecule has 0 spiro atoms. The number of nitrogens with one attached hydrogen (secondary N) is 1. The van der Waals surface area contributed by atoms with E-state index in [0.717, 1.165) is 38.4 Å². The fourth-order valence-electron chi connectivity index (χ4n) is 3.40. The lowest BCUT2D eigenvalue weighted by Gasteiger charge is -2.31. The molecule has 2 aromatic rings. The van der Waals surface area contributed by atoms with Crippen molar-refractivity contribution in [3.05, 3.63) is 59.7 Å². The van der Waals surface area contributed by atoms with Crippen LogP contribution in [0, 0.1) is 0 Å². The third-order valence-corrected chi connectivity index (χ3v) is 4.86. The van der Waals surface area contributed by atoms with Gasteiger partial charge >= 0.3 is 0 Å². The summed E-state index contributed by atoms with van der Waals surface area (Å²) in [5.74, 6) is 1.11. The van der Waals surface area contributed by atoms with Crippen LogP contribution in [0.4, 0.5) is 0 Å². The fraction of sp³-hybridized carbons (Fsp3) is 0.435. The number of hydrogen-bond acceptors (Lipinski definition) is 5. The minimum atomic E-state index is -0.129. The molecule has 0 saturated carbocycles. The Balaban J connectivity index is 1.77. The van der Waals surface area contributed by atoms with Crippen molar-refractivity contribution in [2.75, 3.05) is 46.1 Å². The van der Waals surface area contributed by atoms with Crippen molar-refractivity contribution < 1.29 is 19.0 Å². The molecule has 2 aromatic carbocycles. The van der Waals surface area contributed by atoms with Crippen molar-refractivity contribution in [1.29, 1.82) is 0 Å². The average Bonchev–Trinajstić information content (AvgIpc) is 2.76. The summed E-state index contributed by atoms with van der Waals surface area (Å²) < 4.78 is 16.7. The number of carbonyl (C=O) groups is 1. The van der Waals surface area contributed by atoms with Crippen molar-refractivity contribution in [2.24, 2.45) is 0 Å². The molecule has 156 valence electrons. The molecule has 1 fully saturated rings. The Kier molecular flexibility index (Phi) is 7.90. The lowest BCUT2D eigenvalue weighted by Crippen LogP contribution is -2.43. The summed E-state index contributed by atoms with van der Waals surface area (Å²) in [6, 6.07) is 15.3. The van der Waals surface area contributed by atoms with E-state index in [-0.39, 0.29) is 11.9 Å². The highest BCUT2D eigenvalue weighted by atomic mass is 16.5. The topological polar surface area (TPSA) is 60.0 Å². The lowest BCUT2D eigenvalue weighted by atomic mass is 10.0. The zero-order valence-electron chi connectivity index (χ0n) is 17.2. The number of benzene rings is 2. The average molecular weight is 399 g/mol. The Morgan fingerprint density at radius 3 is 2.41 bits per heavy atom. The van der Waals surface area contributed by atoms with Gasteiger partial charge in [-0.3, -0.25) is 9.69 Å². The van der Waals surface area contributed by atoms with Gasteiger partial charge < -0.3 is 19.5 Å². The number of amides is 1. The minimum Gasteiger partial charge on any atom is -0.490 e. The normalized spacial score (nSPS) is 15.5. The van der Waals surface area contributed by atoms with Gasteiger partial charge in [-0.25, -0.2) is 0 Å². The van der Waals surface area contributed by atoms with Crippen molar-refractivity contribution >= 4 is 5.91 Å². The van der Waals surface area contributed by atoms with E-state index in [1.165, 1.54) is 0 Å². The lowest BCUT2D eigenvalue weighted by molar-refractivity contribution is 0.0332. The zero-order valence-corrected chi connectivity index (χ0v) is 17.2. The second kappa shape index (κ2) is 10.8. The van der Waals surface area contributed by atoms with E-state index in [9.17, 15) is 4.79 Å². The van der Waals surface area contributed by atoms with Crippen LogP contribution in [0.15, 0.2) is 48.5 Å². The smallest absolute Gasteiger partial charge is 0.251 e. The maximum atomic E-state index is 13.0. The van der Waals surface area contributed by atoms with Gasteiger partial charge in [-0.2, -0.15) is 0 Å². The van der Waals surface area contributed by atoms with Gasteiger partial charge in [-0.05, 0) is 37.6 Å². The van der Waals surface area contributed by atoms with Gasteiger partial charge in [-0.1, -0.05) is 30.3 Å². The van der Waals surface area contributed by atoms with E-state index in [1.54, 1.807) is 18.2 Å². The molecule has 3 rings (SSSR count). The second-order valence-corrected chi connectivity index (χ2v) is 6.88. The number of hydrogen-bond donors (Lipinski definition) is 1. The molecule has 0 aliphatic carbocycles. The maximum absolute atomic E-state index is 13.0. The molecule has 0 radical (unpaired) electrons. The van der Waals surface area contributed by atoms with Crippen molar-refractivity contribution in [3.8, 4) is 11.5 Å². The molecule has 1 heterocycles. The third kappa shape index (κ3) is 5.95. The Morgan fingerprint density at radius 1 is 1.03 bits per heavy atom. The molecule has 0 bridgehead atoms. The summed E-state index contributed by atoms with van der Waals surface area (Å²) >= 11 is 0. The van der Waals surface area contributed by atoms with Crippen molar-refractivity contribution in [3.63, 3.8) is 0 Å². The first kappa shape index (κ1) is 21.1. The highest BCUT2D eigenvalue weighted by Crippen LogP contribution is 2.29. The fourth-order valence-corrected chi connectivity index (χ4v) is 3.40. The van der Waals surface area contributed by atoms with Crippen molar-refractivity contribution in [2.45, 2.75) is 19.9 Å². The van der Waals surface area contributed by atoms with Crippen LogP contribution < -0.4 is 14.8 Å². The standard InChI is InChI=1S/C23H30N2O4/c1-3-28-21-11-10-19(16-22(21)29-4-2)23(26)24-20(18-8-6-5-7-9-18)17-25-12-14-27-15-13-25/h5-11,16,20H,3-4,12-15,17H2,1-2H3,(H,24,26). The van der Waals surface area contributed by atoms with Crippen LogP contribution in [-0.2, 0) is 4.74 Å². The van der Waals surface area contributed by atoms with Gasteiger partial charge in [0.2, 0.25) is 0 Å². The van der Waals surface area contributed by atoms with Crippen LogP contribution in [0.1, 0.15) is 35.8 Å². The van der Waals surface area contributed by atoms with Crippen LogP contribution in [-0.4, -0.2) is 56.9 Å². The molecule has 1 amide bonds. The largest absolute Gasteiger partial charge is 0.490 e. The molecule has 1 N–H and O–H groups in total. The van der Waals surface area contributed by atoms with Gasteiger partial charge in [0.05, 0.1) is 32.5 Å². The molecular formula is C23H30N2O4. The number of carbonyl (C=O) groups excluding carboxylic acids is 1. The van der Waals surface area contributed by atoms with E-state index in [4.69, 9.17) is 14.2 Å². The first-order valence-corrected chi connectivity index (χ1v) is 10.3. The summed E-state index contributed by atoms with van der Waals surface area (Å²) in [4.78, 5) is 15.4. The van der Waals surface area contributed by atoms with Crippen LogP contribution in [0.2, 0.25) is 0 Å². The summed E-state index contributed by atoms with van der Waals surface area (Å²) in [5, 5.41) is 3.20. The van der Waals surface area contributed by atoms with Crippen LogP contribution >= 0.6 is 0 Å². The molecule has 1 unspecified atom stereocenters. The molecule has 6 nitrogen and oxygen atoms in total. The predicted molar refractivity (Wildman–Crippen MR) is 113 cm³/mol. The van der Waals surface area contributed by atoms with Gasteiger partial charge in [-0.15, -0.1) is 0 Å². The van der Waals surface area contributed by atoms with E-state index in [0.29, 0.717) is 30.3 Å². The quantitative estimate of drug-likeness (QED) is 0.702. The van der Waals surface area contributed by atoms with Gasteiger partial charge in [0, 0.05) is 25.2 Å². The Bertz CT molecular complexity index is 776. The van der Waals surface area contributed by atoms with E-state index in [2.05, 4.69) is 22.3 Å². The SMILES string of the molecule is CCOc1ccc(C(=O)NC(CN2CCOCC2)c2ccccc2)cc1OCC. The molecule has 1 saturated heterocycles. The molecule has 1 atom stereocenters. The molecule has 1 aliphatic rings.